The molecule has 1 fully saturated rings. The van der Waals surface area contributed by atoms with E-state index in [4.69, 9.17) is 0 Å². The van der Waals surface area contributed by atoms with Crippen LogP contribution in [0.5, 0.6) is 5.75 Å². The Hall–Kier alpha value is -2.75. The summed E-state index contributed by atoms with van der Waals surface area (Å²) in [4.78, 5) is 4.81. The Morgan fingerprint density at radius 3 is 2.63 bits per heavy atom. The van der Waals surface area contributed by atoms with Gasteiger partial charge in [-0.3, -0.25) is 5.43 Å². The van der Waals surface area contributed by atoms with E-state index < -0.39 is 10.0 Å². The molecule has 0 amide bonds. The van der Waals surface area contributed by atoms with Crippen molar-refractivity contribution < 1.29 is 13.5 Å². The van der Waals surface area contributed by atoms with E-state index in [1.165, 1.54) is 11.3 Å². The van der Waals surface area contributed by atoms with E-state index >= 15 is 0 Å². The predicted molar refractivity (Wildman–Crippen MR) is 119 cm³/mol. The maximum atomic E-state index is 12.9. The maximum Gasteiger partial charge on any atom is 0.243 e. The van der Waals surface area contributed by atoms with Gasteiger partial charge in [0.25, 0.3) is 0 Å². The van der Waals surface area contributed by atoms with Crippen LogP contribution in [0, 0.1) is 0 Å². The minimum absolute atomic E-state index is 0.203. The number of aromatic nitrogens is 1. The van der Waals surface area contributed by atoms with E-state index in [-0.39, 0.29) is 5.75 Å². The van der Waals surface area contributed by atoms with Crippen LogP contribution in [0.1, 0.15) is 24.8 Å². The normalized spacial score (nSPS) is 15.5. The predicted octanol–water partition coefficient (Wildman–Crippen LogP) is 4.14. The molecule has 1 aliphatic heterocycles. The minimum Gasteiger partial charge on any atom is -0.508 e. The van der Waals surface area contributed by atoms with Gasteiger partial charge >= 0.3 is 0 Å². The molecule has 2 N–H and O–H groups in total. The smallest absolute Gasteiger partial charge is 0.243 e. The second-order valence-electron chi connectivity index (χ2n) is 6.99. The van der Waals surface area contributed by atoms with Crippen molar-refractivity contribution >= 4 is 32.7 Å². The van der Waals surface area contributed by atoms with Crippen LogP contribution in [0.2, 0.25) is 0 Å². The molecule has 0 radical (unpaired) electrons. The van der Waals surface area contributed by atoms with Gasteiger partial charge in [0.2, 0.25) is 15.2 Å². The zero-order chi connectivity index (χ0) is 21.0. The van der Waals surface area contributed by atoms with Gasteiger partial charge in [-0.25, -0.2) is 13.4 Å². The van der Waals surface area contributed by atoms with Gasteiger partial charge in [-0.1, -0.05) is 18.6 Å². The molecule has 0 unspecified atom stereocenters. The van der Waals surface area contributed by atoms with Crippen LogP contribution in [0.15, 0.2) is 63.9 Å². The van der Waals surface area contributed by atoms with Gasteiger partial charge < -0.3 is 5.11 Å². The Labute approximate surface area is 179 Å². The van der Waals surface area contributed by atoms with Gasteiger partial charge in [0.1, 0.15) is 5.75 Å². The molecule has 2 aromatic carbocycles. The molecular formula is C21H22N4O3S2. The zero-order valence-electron chi connectivity index (χ0n) is 16.2. The zero-order valence-corrected chi connectivity index (χ0v) is 17.9. The first-order valence-electron chi connectivity index (χ1n) is 9.67. The number of nitrogens with zero attached hydrogens (tertiary/aromatic N) is 3. The quantitative estimate of drug-likeness (QED) is 0.442. The Morgan fingerprint density at radius 2 is 1.87 bits per heavy atom. The fourth-order valence-electron chi connectivity index (χ4n) is 3.25. The summed E-state index contributed by atoms with van der Waals surface area (Å²) in [6.07, 6.45) is 4.53. The van der Waals surface area contributed by atoms with Crippen LogP contribution in [0.4, 0.5) is 5.13 Å². The number of hydrogen-bond donors (Lipinski definition) is 2. The van der Waals surface area contributed by atoms with E-state index in [1.54, 1.807) is 53.0 Å². The standard InChI is InChI=1S/C21H22N4O3S2/c26-18-9-7-16(8-10-18)14-22-24-21-23-20(15-29-21)17-5-4-6-19(13-17)30(27,28)25-11-2-1-3-12-25/h4-10,13-15,26H,1-3,11-12H2,(H,23,24). The molecule has 7 nitrogen and oxygen atoms in total. The third kappa shape index (κ3) is 4.69. The minimum atomic E-state index is -3.48. The summed E-state index contributed by atoms with van der Waals surface area (Å²) >= 11 is 1.39. The monoisotopic (exact) mass is 442 g/mol. The van der Waals surface area contributed by atoms with Crippen LogP contribution in [-0.2, 0) is 10.0 Å². The average Bonchev–Trinajstić information content (AvgIpc) is 3.25. The van der Waals surface area contributed by atoms with Gasteiger partial charge in [-0.05, 0) is 54.8 Å². The molecule has 1 aromatic heterocycles. The lowest BCUT2D eigenvalue weighted by molar-refractivity contribution is 0.346. The molecule has 156 valence electrons. The average molecular weight is 443 g/mol. The third-order valence-corrected chi connectivity index (χ3v) is 7.50. The Balaban J connectivity index is 1.48. The van der Waals surface area contributed by atoms with E-state index in [9.17, 15) is 13.5 Å². The lowest BCUT2D eigenvalue weighted by Crippen LogP contribution is -2.35. The highest BCUT2D eigenvalue weighted by molar-refractivity contribution is 7.89. The molecule has 0 aliphatic carbocycles. The molecule has 0 atom stereocenters. The van der Waals surface area contributed by atoms with Crippen LogP contribution in [0.25, 0.3) is 11.3 Å². The number of hydrogen-bond acceptors (Lipinski definition) is 7. The van der Waals surface area contributed by atoms with Crippen molar-refractivity contribution in [3.8, 4) is 17.0 Å². The molecule has 3 aromatic rings. The Morgan fingerprint density at radius 1 is 1.10 bits per heavy atom. The van der Waals surface area contributed by atoms with Gasteiger partial charge in [0, 0.05) is 24.0 Å². The van der Waals surface area contributed by atoms with Crippen molar-refractivity contribution in [1.29, 1.82) is 0 Å². The molecule has 30 heavy (non-hydrogen) atoms. The SMILES string of the molecule is O=S(=O)(c1cccc(-c2csc(NN=Cc3ccc(O)cc3)n2)c1)N1CCCCC1. The molecule has 0 saturated carbocycles. The summed E-state index contributed by atoms with van der Waals surface area (Å²) < 4.78 is 27.4. The molecule has 1 saturated heterocycles. The molecule has 1 aliphatic rings. The first kappa shape index (κ1) is 20.5. The number of piperidine rings is 1. The fraction of sp³-hybridized carbons (Fsp3) is 0.238. The van der Waals surface area contributed by atoms with Crippen molar-refractivity contribution in [2.24, 2.45) is 5.10 Å². The number of phenolic OH excluding ortho intramolecular Hbond substituents is 1. The van der Waals surface area contributed by atoms with Crippen LogP contribution in [-0.4, -0.2) is 42.1 Å². The van der Waals surface area contributed by atoms with Crippen molar-refractivity contribution in [2.75, 3.05) is 18.5 Å². The Bertz CT molecular complexity index is 1140. The van der Waals surface area contributed by atoms with E-state index in [0.29, 0.717) is 28.8 Å². The molecule has 2 heterocycles. The first-order valence-corrected chi connectivity index (χ1v) is 12.0. The second-order valence-corrected chi connectivity index (χ2v) is 9.79. The fourth-order valence-corrected chi connectivity index (χ4v) is 5.48. The first-order chi connectivity index (χ1) is 14.5. The number of nitrogens with one attached hydrogen (secondary N) is 1. The molecule has 9 heteroatoms. The lowest BCUT2D eigenvalue weighted by atomic mass is 10.2. The van der Waals surface area contributed by atoms with Gasteiger partial charge in [-0.2, -0.15) is 9.41 Å². The van der Waals surface area contributed by atoms with Gasteiger partial charge in [-0.15, -0.1) is 11.3 Å². The number of benzene rings is 2. The van der Waals surface area contributed by atoms with Crippen LogP contribution in [0.3, 0.4) is 0 Å². The van der Waals surface area contributed by atoms with E-state index in [2.05, 4.69) is 15.5 Å². The molecule has 4 rings (SSSR count). The van der Waals surface area contributed by atoms with E-state index in [1.807, 2.05) is 11.4 Å². The summed E-state index contributed by atoms with van der Waals surface area (Å²) in [6, 6.07) is 13.6. The van der Waals surface area contributed by atoms with Crippen LogP contribution >= 0.6 is 11.3 Å². The largest absolute Gasteiger partial charge is 0.508 e. The highest BCUT2D eigenvalue weighted by Crippen LogP contribution is 2.28. The lowest BCUT2D eigenvalue weighted by Gasteiger charge is -2.26. The van der Waals surface area contributed by atoms with Crippen molar-refractivity contribution in [3.63, 3.8) is 0 Å². The third-order valence-electron chi connectivity index (χ3n) is 4.85. The van der Waals surface area contributed by atoms with Crippen molar-refractivity contribution in [1.82, 2.24) is 9.29 Å². The highest BCUT2D eigenvalue weighted by Gasteiger charge is 2.26. The number of rotatable bonds is 6. The number of phenols is 1. The highest BCUT2D eigenvalue weighted by atomic mass is 32.2. The van der Waals surface area contributed by atoms with Gasteiger partial charge in [0.05, 0.1) is 16.8 Å². The molecule has 0 spiro atoms. The molecular weight excluding hydrogens is 420 g/mol. The van der Waals surface area contributed by atoms with Crippen molar-refractivity contribution in [3.05, 3.63) is 59.5 Å². The van der Waals surface area contributed by atoms with E-state index in [0.717, 1.165) is 30.4 Å². The van der Waals surface area contributed by atoms with Gasteiger partial charge in [0.15, 0.2) is 0 Å². The number of sulfonamides is 1. The summed E-state index contributed by atoms with van der Waals surface area (Å²) in [5.41, 5.74) is 5.17. The number of thiazole rings is 1. The topological polar surface area (TPSA) is 94.9 Å². The summed E-state index contributed by atoms with van der Waals surface area (Å²) in [7, 11) is -3.48. The van der Waals surface area contributed by atoms with Crippen molar-refractivity contribution in [2.45, 2.75) is 24.2 Å². The summed E-state index contributed by atoms with van der Waals surface area (Å²) in [6.45, 7) is 1.16. The summed E-state index contributed by atoms with van der Waals surface area (Å²) in [5, 5.41) is 15.9. The second kappa shape index (κ2) is 8.95. The number of hydrazone groups is 1. The van der Waals surface area contributed by atoms with Crippen LogP contribution < -0.4 is 5.43 Å². The maximum absolute atomic E-state index is 12.9. The number of anilines is 1. The molecule has 0 bridgehead atoms. The summed E-state index contributed by atoms with van der Waals surface area (Å²) in [5.74, 6) is 0.203. The Kier molecular flexibility index (Phi) is 6.12. The number of aromatic hydroxyl groups is 1.